The normalized spacial score (nSPS) is 21.5. The van der Waals surface area contributed by atoms with E-state index in [1.54, 1.807) is 18.3 Å². The lowest BCUT2D eigenvalue weighted by Crippen LogP contribution is -2.62. The van der Waals surface area contributed by atoms with Crippen LogP contribution < -0.4 is 10.6 Å². The molecule has 0 radical (unpaired) electrons. The van der Waals surface area contributed by atoms with Gasteiger partial charge >= 0.3 is 0 Å². The Hall–Kier alpha value is -2.47. The molecule has 2 N–H and O–H groups in total. The van der Waals surface area contributed by atoms with E-state index >= 15 is 0 Å². The number of rotatable bonds is 2. The molecule has 124 valence electrons. The smallest absolute Gasteiger partial charge is 0.246 e. The minimum absolute atomic E-state index is 0.0186. The number of hydrogen-bond acceptors (Lipinski definition) is 4. The zero-order valence-corrected chi connectivity index (χ0v) is 13.4. The van der Waals surface area contributed by atoms with Crippen molar-refractivity contribution in [2.45, 2.75) is 12.8 Å². The van der Waals surface area contributed by atoms with E-state index in [1.165, 1.54) is 0 Å². The molecule has 1 aromatic rings. The molecule has 1 fully saturated rings. The summed E-state index contributed by atoms with van der Waals surface area (Å²) in [6.45, 7) is 2.86. The third-order valence-corrected chi connectivity index (χ3v) is 4.95. The Balaban J connectivity index is 1.50. The minimum Gasteiger partial charge on any atom is -0.335 e. The van der Waals surface area contributed by atoms with E-state index in [4.69, 9.17) is 0 Å². The van der Waals surface area contributed by atoms with Crippen molar-refractivity contribution >= 4 is 23.7 Å². The zero-order chi connectivity index (χ0) is 16.6. The quantitative estimate of drug-likeness (QED) is 0.628. The van der Waals surface area contributed by atoms with Crippen LogP contribution in [0.15, 0.2) is 30.5 Å². The summed E-state index contributed by atoms with van der Waals surface area (Å²) in [4.78, 5) is 30.5. The van der Waals surface area contributed by atoms with E-state index in [-0.39, 0.29) is 17.2 Å². The molecule has 2 amide bonds. The first-order chi connectivity index (χ1) is 11.7. The van der Waals surface area contributed by atoms with E-state index in [9.17, 15) is 9.59 Å². The van der Waals surface area contributed by atoms with Crippen molar-refractivity contribution in [2.75, 3.05) is 31.5 Å². The van der Waals surface area contributed by atoms with Crippen molar-refractivity contribution in [3.8, 4) is 0 Å². The maximum absolute atomic E-state index is 12.2. The van der Waals surface area contributed by atoms with Gasteiger partial charge in [0.2, 0.25) is 11.8 Å². The van der Waals surface area contributed by atoms with Crippen LogP contribution in [-0.2, 0) is 16.0 Å². The molecule has 24 heavy (non-hydrogen) atoms. The Morgan fingerprint density at radius 2 is 2.21 bits per heavy atom. The minimum atomic E-state index is -0.326. The van der Waals surface area contributed by atoms with Crippen LogP contribution in [0.5, 0.6) is 0 Å². The van der Waals surface area contributed by atoms with Gasteiger partial charge in [-0.05, 0) is 36.1 Å². The number of fused-ring (bicyclic) bond motifs is 1. The predicted octanol–water partition coefficient (Wildman–Crippen LogP) is 0.967. The summed E-state index contributed by atoms with van der Waals surface area (Å²) in [5.41, 5.74) is 1.59. The topological polar surface area (TPSA) is 74.3 Å². The third-order valence-electron chi connectivity index (χ3n) is 4.95. The molecule has 1 saturated heterocycles. The van der Waals surface area contributed by atoms with Crippen molar-refractivity contribution in [2.24, 2.45) is 5.41 Å². The molecule has 6 nitrogen and oxygen atoms in total. The predicted molar refractivity (Wildman–Crippen MR) is 91.2 cm³/mol. The molecule has 0 bridgehead atoms. The number of amides is 2. The number of carbonyl (C=O) groups is 2. The second-order valence-corrected chi connectivity index (χ2v) is 6.67. The maximum atomic E-state index is 12.2. The zero-order valence-electron chi connectivity index (χ0n) is 13.4. The average molecular weight is 324 g/mol. The van der Waals surface area contributed by atoms with Crippen LogP contribution >= 0.6 is 0 Å². The average Bonchev–Trinajstić information content (AvgIpc) is 2.58. The van der Waals surface area contributed by atoms with Crippen LogP contribution in [-0.4, -0.2) is 47.9 Å². The fourth-order valence-corrected chi connectivity index (χ4v) is 3.38. The number of aromatic nitrogens is 1. The highest BCUT2D eigenvalue weighted by Gasteiger charge is 2.47. The molecule has 6 heteroatoms. The van der Waals surface area contributed by atoms with Crippen LogP contribution in [0.2, 0.25) is 0 Å². The fraction of sp³-hybridized carbons (Fsp3) is 0.389. The first-order valence-electron chi connectivity index (χ1n) is 8.29. The van der Waals surface area contributed by atoms with Gasteiger partial charge < -0.3 is 15.5 Å². The number of hydrogen-bond donors (Lipinski definition) is 2. The molecule has 0 unspecified atom stereocenters. The van der Waals surface area contributed by atoms with Crippen molar-refractivity contribution in [1.29, 1.82) is 0 Å². The molecular formula is C18H20N4O2. The van der Waals surface area contributed by atoms with Crippen LogP contribution in [0, 0.1) is 5.41 Å². The summed E-state index contributed by atoms with van der Waals surface area (Å²) in [5.74, 6) is 0.713. The lowest BCUT2D eigenvalue weighted by atomic mass is 9.73. The molecule has 3 aliphatic rings. The largest absolute Gasteiger partial charge is 0.335 e. The molecule has 3 aliphatic heterocycles. The first-order valence-corrected chi connectivity index (χ1v) is 8.29. The highest BCUT2D eigenvalue weighted by molar-refractivity contribution is 5.99. The summed E-state index contributed by atoms with van der Waals surface area (Å²) in [7, 11) is 0. The van der Waals surface area contributed by atoms with Gasteiger partial charge in [-0.15, -0.1) is 0 Å². The van der Waals surface area contributed by atoms with Crippen LogP contribution in [0.1, 0.15) is 17.5 Å². The molecule has 4 heterocycles. The maximum Gasteiger partial charge on any atom is 0.246 e. The van der Waals surface area contributed by atoms with Gasteiger partial charge in [-0.1, -0.05) is 12.2 Å². The lowest BCUT2D eigenvalue weighted by Gasteiger charge is -2.43. The van der Waals surface area contributed by atoms with Gasteiger partial charge in [0.05, 0.1) is 5.41 Å². The molecule has 1 aromatic heterocycles. The molecule has 4 rings (SSSR count). The molecule has 0 saturated carbocycles. The lowest BCUT2D eigenvalue weighted by molar-refractivity contribution is -0.129. The SMILES string of the molecule is O=C(/C=C/c1cnc2c(c1)CC1(CNC1)C(=O)N2)N1CC=CCC1. The molecule has 0 aromatic carbocycles. The van der Waals surface area contributed by atoms with Crippen molar-refractivity contribution in [3.05, 3.63) is 41.6 Å². The van der Waals surface area contributed by atoms with Crippen molar-refractivity contribution < 1.29 is 9.59 Å². The van der Waals surface area contributed by atoms with Gasteiger partial charge in [-0.3, -0.25) is 9.59 Å². The number of nitrogens with one attached hydrogen (secondary N) is 2. The number of pyridine rings is 1. The van der Waals surface area contributed by atoms with Gasteiger partial charge in [0.25, 0.3) is 0 Å². The van der Waals surface area contributed by atoms with E-state index in [1.807, 2.05) is 17.0 Å². The standard InChI is InChI=1S/C18H20N4O2/c23-15(22-6-2-1-3-7-22)5-4-13-8-14-9-18(11-19-12-18)17(24)21-16(14)20-10-13/h1-2,4-5,8,10,19H,3,6-7,9,11-12H2,(H,20,21,24)/b5-4+. The number of carbonyl (C=O) groups excluding carboxylic acids is 2. The highest BCUT2D eigenvalue weighted by atomic mass is 16.2. The molecular weight excluding hydrogens is 304 g/mol. The Morgan fingerprint density at radius 3 is 2.92 bits per heavy atom. The summed E-state index contributed by atoms with van der Waals surface area (Å²) < 4.78 is 0. The summed E-state index contributed by atoms with van der Waals surface area (Å²) >= 11 is 0. The van der Waals surface area contributed by atoms with Crippen molar-refractivity contribution in [3.63, 3.8) is 0 Å². The molecule has 0 atom stereocenters. The first kappa shape index (κ1) is 15.1. The van der Waals surface area contributed by atoms with E-state index in [2.05, 4.69) is 21.7 Å². The van der Waals surface area contributed by atoms with E-state index in [0.29, 0.717) is 31.9 Å². The monoisotopic (exact) mass is 324 g/mol. The van der Waals surface area contributed by atoms with E-state index < -0.39 is 0 Å². The highest BCUT2D eigenvalue weighted by Crippen LogP contribution is 2.36. The van der Waals surface area contributed by atoms with Crippen LogP contribution in [0.3, 0.4) is 0 Å². The van der Waals surface area contributed by atoms with Crippen molar-refractivity contribution in [1.82, 2.24) is 15.2 Å². The Kier molecular flexibility index (Phi) is 3.69. The molecule has 1 spiro atoms. The Morgan fingerprint density at radius 1 is 1.33 bits per heavy atom. The third kappa shape index (κ3) is 2.63. The summed E-state index contributed by atoms with van der Waals surface area (Å²) in [6.07, 6.45) is 10.8. The van der Waals surface area contributed by atoms with Crippen LogP contribution in [0.4, 0.5) is 5.82 Å². The van der Waals surface area contributed by atoms with Gasteiger partial charge in [-0.25, -0.2) is 4.98 Å². The van der Waals surface area contributed by atoms with Gasteiger partial charge in [0.1, 0.15) is 5.82 Å². The van der Waals surface area contributed by atoms with Crippen LogP contribution in [0.25, 0.3) is 6.08 Å². The van der Waals surface area contributed by atoms with E-state index in [0.717, 1.165) is 24.1 Å². The second-order valence-electron chi connectivity index (χ2n) is 6.67. The second kappa shape index (κ2) is 5.87. The van der Waals surface area contributed by atoms with Gasteiger partial charge in [0, 0.05) is 38.5 Å². The number of anilines is 1. The van der Waals surface area contributed by atoms with Gasteiger partial charge in [-0.2, -0.15) is 0 Å². The summed E-state index contributed by atoms with van der Waals surface area (Å²) in [6, 6.07) is 2.02. The summed E-state index contributed by atoms with van der Waals surface area (Å²) in [5, 5.41) is 6.07. The Bertz CT molecular complexity index is 749. The molecule has 0 aliphatic carbocycles. The number of nitrogens with zero attached hydrogens (tertiary/aromatic N) is 2. The Labute approximate surface area is 140 Å². The van der Waals surface area contributed by atoms with Gasteiger partial charge in [0.15, 0.2) is 0 Å². The fourth-order valence-electron chi connectivity index (χ4n) is 3.38.